The van der Waals surface area contributed by atoms with Crippen LogP contribution >= 0.6 is 31.9 Å². The van der Waals surface area contributed by atoms with E-state index in [1.807, 2.05) is 18.2 Å². The molecule has 0 bridgehead atoms. The smallest absolute Gasteiger partial charge is 0.256 e. The zero-order valence-corrected chi connectivity index (χ0v) is 16.6. The topological polar surface area (TPSA) is 88.2 Å². The second-order valence-electron chi connectivity index (χ2n) is 5.73. The van der Waals surface area contributed by atoms with Crippen molar-refractivity contribution in [3.8, 4) is 17.2 Å². The minimum Gasteiger partial charge on any atom is -0.506 e. The molecule has 0 spiro atoms. The van der Waals surface area contributed by atoms with Crippen molar-refractivity contribution in [3.63, 3.8) is 0 Å². The van der Waals surface area contributed by atoms with Gasteiger partial charge in [0.15, 0.2) is 0 Å². The summed E-state index contributed by atoms with van der Waals surface area (Å²) < 4.78 is 6.54. The number of anilines is 1. The first-order valence-electron chi connectivity index (χ1n) is 7.58. The molecule has 0 fully saturated rings. The number of benzene rings is 2. The maximum absolute atomic E-state index is 12.4. The fourth-order valence-corrected chi connectivity index (χ4v) is 3.93. The number of carbonyl (C=O) groups excluding carboxylic acids is 1. The van der Waals surface area contributed by atoms with E-state index >= 15 is 0 Å². The number of phenols is 1. The zero-order valence-electron chi connectivity index (χ0n) is 13.4. The van der Waals surface area contributed by atoms with Crippen LogP contribution in [0.25, 0.3) is 23.1 Å². The van der Waals surface area contributed by atoms with Crippen LogP contribution in [0.5, 0.6) is 5.75 Å². The molecule has 8 heteroatoms. The van der Waals surface area contributed by atoms with Crippen molar-refractivity contribution in [2.24, 2.45) is 0 Å². The van der Waals surface area contributed by atoms with E-state index in [0.717, 1.165) is 22.4 Å². The minimum absolute atomic E-state index is 0.109. The lowest BCUT2D eigenvalue weighted by atomic mass is 10.0. The molecular weight excluding hydrogens is 466 g/mol. The predicted octanol–water partition coefficient (Wildman–Crippen LogP) is 4.77. The van der Waals surface area contributed by atoms with Crippen LogP contribution in [0.3, 0.4) is 0 Å². The normalized spacial score (nSPS) is 14.6. The van der Waals surface area contributed by atoms with Gasteiger partial charge >= 0.3 is 0 Å². The number of aromatic nitrogens is 2. The lowest BCUT2D eigenvalue weighted by molar-refractivity contribution is -0.110. The highest BCUT2D eigenvalue weighted by Crippen LogP contribution is 2.38. The molecule has 0 atom stereocenters. The van der Waals surface area contributed by atoms with Gasteiger partial charge in [-0.1, -0.05) is 0 Å². The molecule has 0 radical (unpaired) electrons. The Bertz CT molecular complexity index is 1070. The number of carbonyl (C=O) groups is 1. The van der Waals surface area contributed by atoms with Crippen molar-refractivity contribution in [2.75, 3.05) is 5.32 Å². The maximum atomic E-state index is 12.4. The second-order valence-corrected chi connectivity index (χ2v) is 7.44. The Morgan fingerprint density at radius 1 is 1.15 bits per heavy atom. The van der Waals surface area contributed by atoms with Gasteiger partial charge in [0, 0.05) is 29.3 Å². The molecule has 4 rings (SSSR count). The molecule has 2 N–H and O–H groups in total. The van der Waals surface area contributed by atoms with E-state index in [-0.39, 0.29) is 11.7 Å². The van der Waals surface area contributed by atoms with Gasteiger partial charge in [-0.05, 0) is 73.8 Å². The van der Waals surface area contributed by atoms with Gasteiger partial charge in [-0.2, -0.15) is 0 Å². The maximum Gasteiger partial charge on any atom is 0.256 e. The monoisotopic (exact) mass is 475 g/mol. The van der Waals surface area contributed by atoms with Crippen molar-refractivity contribution >= 4 is 55.1 Å². The molecule has 0 unspecified atom stereocenters. The van der Waals surface area contributed by atoms with Gasteiger partial charge in [-0.15, -0.1) is 10.2 Å². The number of phenolic OH excluding ortho intramolecular Hbond substituents is 1. The highest BCUT2D eigenvalue weighted by atomic mass is 79.9. The number of aryl methyl sites for hydroxylation is 1. The Kier molecular flexibility index (Phi) is 4.16. The summed E-state index contributed by atoms with van der Waals surface area (Å²) in [6, 6.07) is 8.96. The van der Waals surface area contributed by atoms with Gasteiger partial charge in [0.2, 0.25) is 11.8 Å². The molecule has 1 aliphatic heterocycles. The van der Waals surface area contributed by atoms with E-state index in [4.69, 9.17) is 4.42 Å². The summed E-state index contributed by atoms with van der Waals surface area (Å²) in [5.74, 6) is 0.792. The lowest BCUT2D eigenvalue weighted by Crippen LogP contribution is -2.03. The van der Waals surface area contributed by atoms with Crippen molar-refractivity contribution in [3.05, 3.63) is 56.3 Å². The molecule has 26 heavy (non-hydrogen) atoms. The van der Waals surface area contributed by atoms with Crippen LogP contribution in [0.1, 0.15) is 17.0 Å². The first-order chi connectivity index (χ1) is 12.4. The predicted molar refractivity (Wildman–Crippen MR) is 104 cm³/mol. The summed E-state index contributed by atoms with van der Waals surface area (Å²) in [7, 11) is 0. The number of aromatic hydroxyl groups is 1. The molecule has 130 valence electrons. The highest BCUT2D eigenvalue weighted by Gasteiger charge is 2.25. The fraction of sp³-hybridized carbons (Fsp3) is 0.0556. The molecule has 3 aromatic rings. The Balaban J connectivity index is 1.81. The van der Waals surface area contributed by atoms with E-state index < -0.39 is 0 Å². The number of amides is 1. The van der Waals surface area contributed by atoms with E-state index in [1.165, 1.54) is 0 Å². The third-order valence-corrected chi connectivity index (χ3v) is 5.13. The van der Waals surface area contributed by atoms with Crippen LogP contribution in [-0.2, 0) is 4.79 Å². The summed E-state index contributed by atoms with van der Waals surface area (Å²) in [5.41, 5.74) is 3.49. The molecule has 6 nitrogen and oxygen atoms in total. The zero-order chi connectivity index (χ0) is 18.4. The molecule has 0 saturated heterocycles. The van der Waals surface area contributed by atoms with Gasteiger partial charge in [-0.25, -0.2) is 0 Å². The SMILES string of the molecule is Cc1nnc(-c2ccc3c(c2)/C(=C/c2cc(Br)c(O)c(Br)c2)C(=O)N3)o1. The Hall–Kier alpha value is -2.45. The minimum atomic E-state index is -0.195. The Morgan fingerprint density at radius 2 is 1.88 bits per heavy atom. The highest BCUT2D eigenvalue weighted by molar-refractivity contribution is 9.11. The summed E-state index contributed by atoms with van der Waals surface area (Å²) in [5, 5.41) is 20.6. The van der Waals surface area contributed by atoms with E-state index in [2.05, 4.69) is 47.4 Å². The van der Waals surface area contributed by atoms with Crippen molar-refractivity contribution in [1.29, 1.82) is 0 Å². The molecule has 1 aliphatic rings. The Labute approximate surface area is 165 Å². The van der Waals surface area contributed by atoms with Gasteiger partial charge in [0.25, 0.3) is 5.91 Å². The van der Waals surface area contributed by atoms with Gasteiger partial charge in [-0.3, -0.25) is 4.79 Å². The number of rotatable bonds is 2. The van der Waals surface area contributed by atoms with Gasteiger partial charge < -0.3 is 14.8 Å². The number of nitrogens with zero attached hydrogens (tertiary/aromatic N) is 2. The number of nitrogens with one attached hydrogen (secondary N) is 1. The number of hydrogen-bond donors (Lipinski definition) is 2. The summed E-state index contributed by atoms with van der Waals surface area (Å²) in [6.07, 6.45) is 1.76. The number of halogens is 2. The first-order valence-corrected chi connectivity index (χ1v) is 9.17. The van der Waals surface area contributed by atoms with Crippen LogP contribution in [0.2, 0.25) is 0 Å². The average Bonchev–Trinajstić information content (AvgIpc) is 3.16. The number of hydrogen-bond acceptors (Lipinski definition) is 5. The van der Waals surface area contributed by atoms with Gasteiger partial charge in [0.05, 0.1) is 8.95 Å². The van der Waals surface area contributed by atoms with Crippen LogP contribution < -0.4 is 5.32 Å². The van der Waals surface area contributed by atoms with Crippen molar-refractivity contribution in [2.45, 2.75) is 6.92 Å². The standard InChI is InChI=1S/C18H11Br2N3O3/c1-8-22-23-18(26-8)10-2-3-15-11(7-10)12(17(25)21-15)4-9-5-13(19)16(24)14(20)6-9/h2-7,24H,1H3,(H,21,25)/b12-4-. The molecule has 1 aromatic heterocycles. The van der Waals surface area contributed by atoms with Crippen molar-refractivity contribution in [1.82, 2.24) is 10.2 Å². The first kappa shape index (κ1) is 17.0. The lowest BCUT2D eigenvalue weighted by Gasteiger charge is -2.04. The number of fused-ring (bicyclic) bond motifs is 1. The van der Waals surface area contributed by atoms with Crippen LogP contribution in [0.4, 0.5) is 5.69 Å². The fourth-order valence-electron chi connectivity index (χ4n) is 2.71. The average molecular weight is 477 g/mol. The molecule has 2 aromatic carbocycles. The largest absolute Gasteiger partial charge is 0.506 e. The van der Waals surface area contributed by atoms with Crippen LogP contribution in [0.15, 0.2) is 43.7 Å². The van der Waals surface area contributed by atoms with E-state index in [0.29, 0.717) is 26.3 Å². The molecule has 1 amide bonds. The van der Waals surface area contributed by atoms with E-state index in [1.54, 1.807) is 25.1 Å². The summed E-state index contributed by atoms with van der Waals surface area (Å²) in [4.78, 5) is 12.4. The molecule has 0 aliphatic carbocycles. The van der Waals surface area contributed by atoms with Crippen LogP contribution in [0, 0.1) is 6.92 Å². The molecular formula is C18H11Br2N3O3. The molecule has 2 heterocycles. The van der Waals surface area contributed by atoms with Crippen LogP contribution in [-0.4, -0.2) is 21.2 Å². The third kappa shape index (κ3) is 2.95. The quantitative estimate of drug-likeness (QED) is 0.520. The van der Waals surface area contributed by atoms with Crippen molar-refractivity contribution < 1.29 is 14.3 Å². The second kappa shape index (κ2) is 6.37. The Morgan fingerprint density at radius 3 is 2.54 bits per heavy atom. The summed E-state index contributed by atoms with van der Waals surface area (Å²) >= 11 is 6.60. The van der Waals surface area contributed by atoms with Gasteiger partial charge in [0.1, 0.15) is 5.75 Å². The summed E-state index contributed by atoms with van der Waals surface area (Å²) in [6.45, 7) is 1.72. The van der Waals surface area contributed by atoms with E-state index in [9.17, 15) is 9.90 Å². The third-order valence-electron chi connectivity index (χ3n) is 3.93. The molecule has 0 saturated carbocycles.